The molecule has 0 aliphatic carbocycles. The number of esters is 2. The number of allylic oxidation sites excluding steroid dienone is 14. The molecule has 0 fully saturated rings. The third-order valence-corrected chi connectivity index (χ3v) is 8.79. The lowest BCUT2D eigenvalue weighted by molar-refractivity contribution is -0.887. The lowest BCUT2D eigenvalue weighted by atomic mass is 10.1. The second-order valence-electron chi connectivity index (χ2n) is 14.8. The van der Waals surface area contributed by atoms with Crippen LogP contribution in [0, 0.1) is 0 Å². The highest BCUT2D eigenvalue weighted by Gasteiger charge is 2.31. The van der Waals surface area contributed by atoms with E-state index in [2.05, 4.69) is 98.9 Å². The van der Waals surface area contributed by atoms with E-state index in [0.717, 1.165) is 96.3 Å². The van der Waals surface area contributed by atoms with Crippen molar-refractivity contribution >= 4 is 17.9 Å². The van der Waals surface area contributed by atoms with Crippen molar-refractivity contribution in [3.05, 3.63) is 85.1 Å². The Hall–Kier alpha value is -3.49. The van der Waals surface area contributed by atoms with E-state index in [0.29, 0.717) is 19.3 Å². The SMILES string of the molecule is CC/C=C/C/C=C/C/C=C/C/C=C/C/C=C/CCCCCCCCC(=O)OC(COCCC(C(=O)O)[N+](C)(C)C)COC(=O)CCCC/C=C/C/C=C/CC. The number of hydrogen-bond acceptors (Lipinski definition) is 6. The zero-order valence-corrected chi connectivity index (χ0v) is 35.3. The molecule has 8 nitrogen and oxygen atoms in total. The summed E-state index contributed by atoms with van der Waals surface area (Å²) in [6.07, 6.45) is 47.9. The molecule has 0 aromatic carbocycles. The van der Waals surface area contributed by atoms with Crippen molar-refractivity contribution < 1.29 is 38.2 Å². The first kappa shape index (κ1) is 51.5. The van der Waals surface area contributed by atoms with Gasteiger partial charge in [0.2, 0.25) is 0 Å². The number of unbranched alkanes of at least 4 members (excludes halogenated alkanes) is 8. The van der Waals surface area contributed by atoms with Gasteiger partial charge >= 0.3 is 17.9 Å². The molecule has 1 N–H and O–H groups in total. The van der Waals surface area contributed by atoms with Gasteiger partial charge in [0.1, 0.15) is 6.61 Å². The van der Waals surface area contributed by atoms with Crippen molar-refractivity contribution in [2.75, 3.05) is 41.0 Å². The monoisotopic (exact) mass is 769 g/mol. The Labute approximate surface area is 335 Å². The maximum atomic E-state index is 12.7. The summed E-state index contributed by atoms with van der Waals surface area (Å²) in [6, 6.07) is -0.625. The molecule has 0 aliphatic rings. The van der Waals surface area contributed by atoms with Gasteiger partial charge in [-0.1, -0.05) is 125 Å². The maximum Gasteiger partial charge on any atom is 0.362 e. The van der Waals surface area contributed by atoms with E-state index in [1.54, 1.807) is 0 Å². The molecule has 312 valence electrons. The summed E-state index contributed by atoms with van der Waals surface area (Å²) < 4.78 is 17.2. The topological polar surface area (TPSA) is 99.1 Å². The number of aliphatic carboxylic acids is 1. The van der Waals surface area contributed by atoms with Gasteiger partial charge in [-0.05, 0) is 83.5 Å². The van der Waals surface area contributed by atoms with Gasteiger partial charge < -0.3 is 23.8 Å². The van der Waals surface area contributed by atoms with Crippen LogP contribution in [0.3, 0.4) is 0 Å². The minimum Gasteiger partial charge on any atom is -0.477 e. The van der Waals surface area contributed by atoms with E-state index in [-0.39, 0.29) is 36.2 Å². The molecule has 55 heavy (non-hydrogen) atoms. The van der Waals surface area contributed by atoms with E-state index in [1.165, 1.54) is 12.8 Å². The van der Waals surface area contributed by atoms with Crippen molar-refractivity contribution in [3.63, 3.8) is 0 Å². The summed E-state index contributed by atoms with van der Waals surface area (Å²) >= 11 is 0. The lowest BCUT2D eigenvalue weighted by Gasteiger charge is -2.31. The normalized spacial score (nSPS) is 13.8. The summed E-state index contributed by atoms with van der Waals surface area (Å²) in [6.45, 7) is 4.42. The number of carboxylic acid groups (broad SMARTS) is 1. The lowest BCUT2D eigenvalue weighted by Crippen LogP contribution is -2.50. The Balaban J connectivity index is 4.35. The number of nitrogens with zero attached hydrogens (tertiary/aromatic N) is 1. The molecule has 2 atom stereocenters. The van der Waals surface area contributed by atoms with E-state index < -0.39 is 18.1 Å². The number of quaternary nitrogens is 1. The molecule has 0 rings (SSSR count). The van der Waals surface area contributed by atoms with Crippen LogP contribution in [0.5, 0.6) is 0 Å². The number of rotatable bonds is 36. The minimum absolute atomic E-state index is 0.0393. The average molecular weight is 769 g/mol. The van der Waals surface area contributed by atoms with Gasteiger partial charge in [0, 0.05) is 19.3 Å². The smallest absolute Gasteiger partial charge is 0.362 e. The molecule has 0 bridgehead atoms. The molecule has 0 heterocycles. The molecule has 8 heteroatoms. The number of carboxylic acids is 1. The van der Waals surface area contributed by atoms with Crippen molar-refractivity contribution in [1.29, 1.82) is 0 Å². The van der Waals surface area contributed by atoms with E-state index >= 15 is 0 Å². The van der Waals surface area contributed by atoms with Crippen molar-refractivity contribution in [3.8, 4) is 0 Å². The summed E-state index contributed by atoms with van der Waals surface area (Å²) in [7, 11) is 5.49. The highest BCUT2D eigenvalue weighted by atomic mass is 16.6. The number of ether oxygens (including phenoxy) is 3. The summed E-state index contributed by atoms with van der Waals surface area (Å²) in [5.74, 6) is -1.55. The van der Waals surface area contributed by atoms with Crippen LogP contribution in [-0.4, -0.2) is 80.6 Å². The molecular weight excluding hydrogens is 691 g/mol. The molecule has 0 saturated carbocycles. The van der Waals surface area contributed by atoms with Gasteiger partial charge in [0.25, 0.3) is 0 Å². The Morgan fingerprint density at radius 2 is 0.964 bits per heavy atom. The zero-order chi connectivity index (χ0) is 40.7. The third-order valence-electron chi connectivity index (χ3n) is 8.79. The Morgan fingerprint density at radius 3 is 1.45 bits per heavy atom. The summed E-state index contributed by atoms with van der Waals surface area (Å²) in [5.41, 5.74) is 0. The summed E-state index contributed by atoms with van der Waals surface area (Å²) in [5, 5.41) is 9.60. The molecule has 0 aromatic rings. The van der Waals surface area contributed by atoms with Crippen LogP contribution in [0.1, 0.15) is 142 Å². The van der Waals surface area contributed by atoms with Crippen molar-refractivity contribution in [2.45, 2.75) is 154 Å². The molecule has 0 aliphatic heterocycles. The Kier molecular flexibility index (Phi) is 35.1. The number of carbonyl (C=O) groups excluding carboxylic acids is 2. The molecule has 0 radical (unpaired) electrons. The minimum atomic E-state index is -0.887. The first-order chi connectivity index (χ1) is 26.6. The van der Waals surface area contributed by atoms with E-state index in [1.807, 2.05) is 21.1 Å². The highest BCUT2D eigenvalue weighted by molar-refractivity contribution is 5.72. The van der Waals surface area contributed by atoms with Crippen LogP contribution in [0.4, 0.5) is 0 Å². The van der Waals surface area contributed by atoms with E-state index in [4.69, 9.17) is 14.2 Å². The summed E-state index contributed by atoms with van der Waals surface area (Å²) in [4.78, 5) is 36.8. The molecule has 0 aromatic heterocycles. The molecule has 0 amide bonds. The number of hydrogen-bond donors (Lipinski definition) is 1. The second-order valence-corrected chi connectivity index (χ2v) is 14.8. The first-order valence-corrected chi connectivity index (χ1v) is 21.1. The van der Waals surface area contributed by atoms with Crippen LogP contribution in [-0.2, 0) is 28.6 Å². The predicted octanol–water partition coefficient (Wildman–Crippen LogP) is 11.4. The fourth-order valence-electron chi connectivity index (χ4n) is 5.57. The number of carbonyl (C=O) groups is 3. The van der Waals surface area contributed by atoms with Crippen LogP contribution in [0.2, 0.25) is 0 Å². The van der Waals surface area contributed by atoms with Crippen molar-refractivity contribution in [1.82, 2.24) is 0 Å². The first-order valence-electron chi connectivity index (χ1n) is 21.1. The molecule has 0 spiro atoms. The van der Waals surface area contributed by atoms with Gasteiger partial charge in [0.05, 0.1) is 34.4 Å². The van der Waals surface area contributed by atoms with Crippen molar-refractivity contribution in [2.24, 2.45) is 0 Å². The van der Waals surface area contributed by atoms with Crippen LogP contribution in [0.15, 0.2) is 85.1 Å². The number of likely N-dealkylation sites (N-methyl/N-ethyl adjacent to an activating group) is 1. The quantitative estimate of drug-likeness (QED) is 0.0293. The Bertz CT molecular complexity index is 1170. The van der Waals surface area contributed by atoms with Gasteiger partial charge in [0.15, 0.2) is 12.1 Å². The maximum absolute atomic E-state index is 12.7. The molecule has 0 saturated heterocycles. The van der Waals surface area contributed by atoms with Crippen LogP contribution >= 0.6 is 0 Å². The van der Waals surface area contributed by atoms with E-state index in [9.17, 15) is 19.5 Å². The van der Waals surface area contributed by atoms with Crippen LogP contribution < -0.4 is 0 Å². The Morgan fingerprint density at radius 1 is 0.545 bits per heavy atom. The van der Waals surface area contributed by atoms with Gasteiger partial charge in [-0.25, -0.2) is 4.79 Å². The average Bonchev–Trinajstić information content (AvgIpc) is 3.14. The fourth-order valence-corrected chi connectivity index (χ4v) is 5.57. The van der Waals surface area contributed by atoms with Gasteiger partial charge in [-0.3, -0.25) is 9.59 Å². The van der Waals surface area contributed by atoms with Gasteiger partial charge in [-0.2, -0.15) is 0 Å². The third kappa shape index (κ3) is 35.9. The molecular formula is C47H78NO7+. The zero-order valence-electron chi connectivity index (χ0n) is 35.3. The fraction of sp³-hybridized carbons (Fsp3) is 0.638. The highest BCUT2D eigenvalue weighted by Crippen LogP contribution is 2.12. The van der Waals surface area contributed by atoms with Crippen LogP contribution in [0.25, 0.3) is 0 Å². The standard InChI is InChI=1S/C47H77NO7/c1-6-8-10-12-14-16-17-18-19-20-21-22-23-24-25-26-27-28-30-32-34-36-38-46(50)55-43(41-53-40-39-44(47(51)52)48(3,4)5)42-54-45(49)37-35-33-31-29-15-13-11-9-7-2/h8-11,14-16,18-19,21-22,24-25,29,43-44H,6-7,12-13,17,20,23,26-28,30-42H2,1-5H3/p+1/b10-8+,11-9+,16-14+,19-18+,22-21+,25-24+,29-15+. The second kappa shape index (κ2) is 37.4. The largest absolute Gasteiger partial charge is 0.477 e. The van der Waals surface area contributed by atoms with Gasteiger partial charge in [-0.15, -0.1) is 0 Å². The molecule has 2 unspecified atom stereocenters. The predicted molar refractivity (Wildman–Crippen MR) is 229 cm³/mol.